The molecule has 10 heteroatoms. The molecule has 1 saturated heterocycles. The minimum atomic E-state index is -1.09. The van der Waals surface area contributed by atoms with Gasteiger partial charge in [-0.2, -0.15) is 0 Å². The number of hydrogen-bond donors (Lipinski definition) is 2. The van der Waals surface area contributed by atoms with Gasteiger partial charge in [0, 0.05) is 39.1 Å². The summed E-state index contributed by atoms with van der Waals surface area (Å²) < 4.78 is 5.94. The van der Waals surface area contributed by atoms with Crippen LogP contribution in [0.3, 0.4) is 0 Å². The minimum Gasteiger partial charge on any atom is -0.491 e. The lowest BCUT2D eigenvalue weighted by atomic mass is 10.0. The van der Waals surface area contributed by atoms with Crippen molar-refractivity contribution >= 4 is 23.6 Å². The Kier molecular flexibility index (Phi) is 9.54. The molecule has 2 atom stereocenters. The van der Waals surface area contributed by atoms with E-state index in [1.165, 1.54) is 0 Å². The highest BCUT2D eigenvalue weighted by Gasteiger charge is 2.33. The average Bonchev–Trinajstić information content (AvgIpc) is 2.94. The fourth-order valence-electron chi connectivity index (χ4n) is 4.86. The number of rotatable bonds is 4. The minimum absolute atomic E-state index is 0.166. The van der Waals surface area contributed by atoms with Crippen molar-refractivity contribution in [3.63, 3.8) is 0 Å². The standard InChI is InChI=1S/C29H37N5O5/c1-3-33-17-18-39-25-12-8-7-11-22(25)27(36)31-24(29(38)34-15-13-32(2)14-16-34)20-26(35)30-23(28(33)37)19-21-9-5-4-6-10-21/h4-12,23-24H,3,13-20H2,1-2H3,(H,30,35)(H,31,36)/t23-,24-/m0/s1. The van der Waals surface area contributed by atoms with Gasteiger partial charge >= 0.3 is 0 Å². The molecule has 10 nitrogen and oxygen atoms in total. The highest BCUT2D eigenvalue weighted by molar-refractivity contribution is 6.01. The number of nitrogens with zero attached hydrogens (tertiary/aromatic N) is 3. The first kappa shape index (κ1) is 28.1. The Morgan fingerprint density at radius 1 is 0.923 bits per heavy atom. The second kappa shape index (κ2) is 13.2. The van der Waals surface area contributed by atoms with E-state index in [2.05, 4.69) is 15.5 Å². The highest BCUT2D eigenvalue weighted by atomic mass is 16.5. The molecule has 208 valence electrons. The second-order valence-electron chi connectivity index (χ2n) is 9.93. The van der Waals surface area contributed by atoms with Gasteiger partial charge in [0.05, 0.1) is 18.5 Å². The maximum atomic E-state index is 13.6. The number of nitrogens with one attached hydrogen (secondary N) is 2. The number of likely N-dealkylation sites (N-methyl/N-ethyl adjacent to an activating group) is 2. The molecule has 4 amide bonds. The van der Waals surface area contributed by atoms with Gasteiger partial charge in [0.2, 0.25) is 17.7 Å². The summed E-state index contributed by atoms with van der Waals surface area (Å²) in [5.74, 6) is -1.17. The van der Waals surface area contributed by atoms with Crippen molar-refractivity contribution in [3.8, 4) is 5.75 Å². The van der Waals surface area contributed by atoms with Gasteiger partial charge in [-0.1, -0.05) is 42.5 Å². The third-order valence-corrected chi connectivity index (χ3v) is 7.17. The van der Waals surface area contributed by atoms with Crippen molar-refractivity contribution in [2.75, 3.05) is 52.9 Å². The summed E-state index contributed by atoms with van der Waals surface area (Å²) in [6, 6.07) is 14.3. The van der Waals surface area contributed by atoms with Crippen LogP contribution in [0.25, 0.3) is 0 Å². The van der Waals surface area contributed by atoms with E-state index in [1.54, 1.807) is 34.1 Å². The lowest BCUT2D eigenvalue weighted by molar-refractivity contribution is -0.139. The first-order valence-electron chi connectivity index (χ1n) is 13.5. The van der Waals surface area contributed by atoms with Gasteiger partial charge in [-0.15, -0.1) is 0 Å². The molecule has 2 aromatic carbocycles. The molecule has 0 aliphatic carbocycles. The number of para-hydroxylation sites is 1. The number of ether oxygens (including phenoxy) is 1. The second-order valence-corrected chi connectivity index (χ2v) is 9.93. The molecule has 0 unspecified atom stereocenters. The summed E-state index contributed by atoms with van der Waals surface area (Å²) in [6.07, 6.45) is 0.0136. The molecule has 2 aromatic rings. The maximum Gasteiger partial charge on any atom is 0.255 e. The zero-order chi connectivity index (χ0) is 27.8. The fourth-order valence-corrected chi connectivity index (χ4v) is 4.86. The Morgan fingerprint density at radius 3 is 2.33 bits per heavy atom. The third kappa shape index (κ3) is 7.35. The van der Waals surface area contributed by atoms with Crippen molar-refractivity contribution in [3.05, 3.63) is 65.7 Å². The number of benzene rings is 2. The monoisotopic (exact) mass is 535 g/mol. The summed E-state index contributed by atoms with van der Waals surface area (Å²) in [5, 5.41) is 5.64. The van der Waals surface area contributed by atoms with Gasteiger partial charge in [-0.3, -0.25) is 19.2 Å². The Morgan fingerprint density at radius 2 is 1.62 bits per heavy atom. The number of amides is 4. The Balaban J connectivity index is 1.64. The number of piperazine rings is 1. The molecule has 0 saturated carbocycles. The van der Waals surface area contributed by atoms with Crippen LogP contribution in [0.4, 0.5) is 0 Å². The first-order valence-corrected chi connectivity index (χ1v) is 13.5. The Labute approximate surface area is 229 Å². The maximum absolute atomic E-state index is 13.6. The van der Waals surface area contributed by atoms with Crippen molar-refractivity contribution in [2.24, 2.45) is 0 Å². The van der Waals surface area contributed by atoms with Crippen LogP contribution in [0, 0.1) is 0 Å². The zero-order valence-corrected chi connectivity index (χ0v) is 22.6. The van der Waals surface area contributed by atoms with Gasteiger partial charge in [-0.05, 0) is 31.7 Å². The molecule has 0 radical (unpaired) electrons. The molecular weight excluding hydrogens is 498 g/mol. The Bertz CT molecular complexity index is 1170. The first-order chi connectivity index (χ1) is 18.9. The van der Waals surface area contributed by atoms with E-state index in [1.807, 2.05) is 44.3 Å². The lowest BCUT2D eigenvalue weighted by Gasteiger charge is -2.35. The topological polar surface area (TPSA) is 111 Å². The van der Waals surface area contributed by atoms with E-state index in [-0.39, 0.29) is 37.0 Å². The average molecular weight is 536 g/mol. The van der Waals surface area contributed by atoms with E-state index in [0.29, 0.717) is 44.9 Å². The van der Waals surface area contributed by atoms with Crippen LogP contribution >= 0.6 is 0 Å². The number of hydrogen-bond acceptors (Lipinski definition) is 6. The summed E-state index contributed by atoms with van der Waals surface area (Å²) in [5.41, 5.74) is 1.17. The lowest BCUT2D eigenvalue weighted by Crippen LogP contribution is -2.56. The number of carbonyl (C=O) groups excluding carboxylic acids is 4. The normalized spacial score (nSPS) is 21.7. The molecule has 0 bridgehead atoms. The predicted octanol–water partition coefficient (Wildman–Crippen LogP) is 0.918. The van der Waals surface area contributed by atoms with Gasteiger partial charge in [0.1, 0.15) is 24.4 Å². The van der Waals surface area contributed by atoms with Gasteiger partial charge in [0.15, 0.2) is 0 Å². The molecule has 39 heavy (non-hydrogen) atoms. The smallest absolute Gasteiger partial charge is 0.255 e. The van der Waals surface area contributed by atoms with Crippen LogP contribution in [0.2, 0.25) is 0 Å². The van der Waals surface area contributed by atoms with Gasteiger partial charge in [-0.25, -0.2) is 0 Å². The van der Waals surface area contributed by atoms with Crippen LogP contribution in [-0.2, 0) is 20.8 Å². The molecule has 2 aliphatic heterocycles. The molecule has 0 aromatic heterocycles. The van der Waals surface area contributed by atoms with Crippen molar-refractivity contribution < 1.29 is 23.9 Å². The van der Waals surface area contributed by atoms with Crippen molar-refractivity contribution in [1.82, 2.24) is 25.3 Å². The highest BCUT2D eigenvalue weighted by Crippen LogP contribution is 2.19. The fraction of sp³-hybridized carbons (Fsp3) is 0.448. The quantitative estimate of drug-likeness (QED) is 0.603. The van der Waals surface area contributed by atoms with E-state index >= 15 is 0 Å². The largest absolute Gasteiger partial charge is 0.491 e. The number of carbonyl (C=O) groups is 4. The van der Waals surface area contributed by atoms with Gasteiger partial charge < -0.3 is 30.1 Å². The molecular formula is C29H37N5O5. The summed E-state index contributed by atoms with van der Waals surface area (Å²) in [6.45, 7) is 5.17. The summed E-state index contributed by atoms with van der Waals surface area (Å²) in [4.78, 5) is 59.3. The molecule has 0 spiro atoms. The van der Waals surface area contributed by atoms with E-state index in [0.717, 1.165) is 5.56 Å². The number of fused-ring (bicyclic) bond motifs is 1. The molecule has 2 N–H and O–H groups in total. The van der Waals surface area contributed by atoms with Gasteiger partial charge in [0.25, 0.3) is 5.91 Å². The van der Waals surface area contributed by atoms with Crippen LogP contribution in [-0.4, -0.2) is 103 Å². The van der Waals surface area contributed by atoms with Crippen LogP contribution in [0.15, 0.2) is 54.6 Å². The van der Waals surface area contributed by atoms with E-state index < -0.39 is 23.9 Å². The third-order valence-electron chi connectivity index (χ3n) is 7.17. The molecule has 2 aliphatic rings. The van der Waals surface area contributed by atoms with Crippen LogP contribution in [0.1, 0.15) is 29.3 Å². The van der Waals surface area contributed by atoms with Crippen LogP contribution < -0.4 is 15.4 Å². The zero-order valence-electron chi connectivity index (χ0n) is 22.6. The Hall–Kier alpha value is -3.92. The van der Waals surface area contributed by atoms with Crippen molar-refractivity contribution in [1.29, 1.82) is 0 Å². The van der Waals surface area contributed by atoms with E-state index in [9.17, 15) is 19.2 Å². The summed E-state index contributed by atoms with van der Waals surface area (Å²) >= 11 is 0. The van der Waals surface area contributed by atoms with Crippen molar-refractivity contribution in [2.45, 2.75) is 31.8 Å². The molecule has 4 rings (SSSR count). The van der Waals surface area contributed by atoms with E-state index in [4.69, 9.17) is 4.74 Å². The van der Waals surface area contributed by atoms with Crippen LogP contribution in [0.5, 0.6) is 5.75 Å². The molecule has 1 fully saturated rings. The SMILES string of the molecule is CCN1CCOc2ccccc2C(=O)N[C@H](C(=O)N2CCN(C)CC2)CC(=O)N[C@@H](Cc2ccccc2)C1=O. The predicted molar refractivity (Wildman–Crippen MR) is 146 cm³/mol. The molecule has 2 heterocycles. The summed E-state index contributed by atoms with van der Waals surface area (Å²) in [7, 11) is 1.99.